The number of rotatable bonds is 4. The molecule has 184 valence electrons. The molecule has 36 heavy (non-hydrogen) atoms. The minimum absolute atomic E-state index is 0.00408. The number of aromatic nitrogens is 4. The summed E-state index contributed by atoms with van der Waals surface area (Å²) in [4.78, 5) is 32.8. The molecule has 1 aliphatic heterocycles. The largest absolute Gasteiger partial charge is 0.338 e. The number of benzene rings is 2. The van der Waals surface area contributed by atoms with E-state index in [9.17, 15) is 9.59 Å². The van der Waals surface area contributed by atoms with Gasteiger partial charge in [0.15, 0.2) is 5.69 Å². The number of aryl methyl sites for hydroxylation is 1. The number of fused-ring (bicyclic) bond motifs is 1. The van der Waals surface area contributed by atoms with Crippen LogP contribution in [-0.2, 0) is 0 Å². The van der Waals surface area contributed by atoms with Crippen molar-refractivity contribution in [2.75, 3.05) is 18.4 Å². The van der Waals surface area contributed by atoms with Gasteiger partial charge in [-0.25, -0.2) is 4.68 Å². The van der Waals surface area contributed by atoms with Gasteiger partial charge >= 0.3 is 0 Å². The lowest BCUT2D eigenvalue weighted by Crippen LogP contribution is -2.42. The number of carbonyl (C=O) groups excluding carboxylic acids is 2. The van der Waals surface area contributed by atoms with E-state index >= 15 is 0 Å². The molecule has 0 spiro atoms. The maximum Gasteiger partial charge on any atom is 0.278 e. The van der Waals surface area contributed by atoms with Crippen molar-refractivity contribution in [2.45, 2.75) is 34.1 Å². The van der Waals surface area contributed by atoms with E-state index in [0.717, 1.165) is 41.7 Å². The Balaban J connectivity index is 1.40. The van der Waals surface area contributed by atoms with Gasteiger partial charge in [-0.2, -0.15) is 0 Å². The van der Waals surface area contributed by atoms with Gasteiger partial charge in [-0.15, -0.1) is 5.10 Å². The van der Waals surface area contributed by atoms with Crippen LogP contribution >= 0.6 is 0 Å². The minimum Gasteiger partial charge on any atom is -0.338 e. The van der Waals surface area contributed by atoms with Gasteiger partial charge in [0.05, 0.1) is 16.9 Å². The standard InChI is InChI=1S/C28H30N6O2/c1-17-13-18(2)16-33(15-17)28(36)21-11-10-19(3)24(14-21)30-27(35)26-20(4)34(32-31-26)25-9-5-8-23-22(25)7-6-12-29-23/h5-12,14,17-18H,13,15-16H2,1-4H3,(H,30,35). The normalized spacial score (nSPS) is 17.8. The van der Waals surface area contributed by atoms with Crippen LogP contribution in [-0.4, -0.2) is 49.8 Å². The van der Waals surface area contributed by atoms with Crippen LogP contribution < -0.4 is 5.32 Å². The molecule has 8 heteroatoms. The zero-order valence-corrected chi connectivity index (χ0v) is 21.0. The Bertz CT molecular complexity index is 1440. The van der Waals surface area contributed by atoms with Crippen molar-refractivity contribution in [1.29, 1.82) is 0 Å². The number of carbonyl (C=O) groups is 2. The van der Waals surface area contributed by atoms with Gasteiger partial charge in [-0.1, -0.05) is 31.2 Å². The van der Waals surface area contributed by atoms with Crippen molar-refractivity contribution in [2.24, 2.45) is 11.8 Å². The van der Waals surface area contributed by atoms with Crippen molar-refractivity contribution in [3.63, 3.8) is 0 Å². The fraction of sp³-hybridized carbons (Fsp3) is 0.321. The second kappa shape index (κ2) is 9.53. The number of hydrogen-bond acceptors (Lipinski definition) is 5. The number of hydrogen-bond donors (Lipinski definition) is 1. The number of anilines is 1. The molecular formula is C28H30N6O2. The van der Waals surface area contributed by atoms with Gasteiger partial charge in [0, 0.05) is 35.9 Å². The summed E-state index contributed by atoms with van der Waals surface area (Å²) < 4.78 is 1.66. The molecule has 3 heterocycles. The molecule has 1 saturated heterocycles. The molecule has 2 aromatic carbocycles. The Morgan fingerprint density at radius 2 is 1.78 bits per heavy atom. The van der Waals surface area contributed by atoms with Crippen molar-refractivity contribution < 1.29 is 9.59 Å². The lowest BCUT2D eigenvalue weighted by molar-refractivity contribution is 0.0623. The van der Waals surface area contributed by atoms with Crippen molar-refractivity contribution in [3.8, 4) is 5.69 Å². The Morgan fingerprint density at radius 1 is 1.00 bits per heavy atom. The lowest BCUT2D eigenvalue weighted by Gasteiger charge is -2.35. The van der Waals surface area contributed by atoms with Crippen LogP contribution in [0.3, 0.4) is 0 Å². The second-order valence-corrected chi connectivity index (χ2v) is 9.92. The molecule has 0 radical (unpaired) electrons. The van der Waals surface area contributed by atoms with Crippen molar-refractivity contribution in [3.05, 3.63) is 77.2 Å². The molecule has 2 atom stereocenters. The van der Waals surface area contributed by atoms with E-state index in [-0.39, 0.29) is 17.5 Å². The molecule has 0 aliphatic carbocycles. The average molecular weight is 483 g/mol. The first kappa shape index (κ1) is 23.7. The summed E-state index contributed by atoms with van der Waals surface area (Å²) in [5.41, 5.74) is 4.51. The summed E-state index contributed by atoms with van der Waals surface area (Å²) in [6.07, 6.45) is 2.88. The summed E-state index contributed by atoms with van der Waals surface area (Å²) in [7, 11) is 0. The molecule has 4 aromatic rings. The summed E-state index contributed by atoms with van der Waals surface area (Å²) in [6, 6.07) is 15.1. The topological polar surface area (TPSA) is 93.0 Å². The molecule has 0 bridgehead atoms. The zero-order valence-electron chi connectivity index (χ0n) is 21.0. The highest BCUT2D eigenvalue weighted by atomic mass is 16.2. The Morgan fingerprint density at radius 3 is 2.56 bits per heavy atom. The molecule has 1 N–H and O–H groups in total. The average Bonchev–Trinajstić information content (AvgIpc) is 3.25. The van der Waals surface area contributed by atoms with Gasteiger partial charge < -0.3 is 10.2 Å². The second-order valence-electron chi connectivity index (χ2n) is 9.92. The van der Waals surface area contributed by atoms with E-state index in [4.69, 9.17) is 0 Å². The molecular weight excluding hydrogens is 452 g/mol. The van der Waals surface area contributed by atoms with Crippen LogP contribution in [0.25, 0.3) is 16.6 Å². The lowest BCUT2D eigenvalue weighted by atomic mass is 9.91. The van der Waals surface area contributed by atoms with Crippen LogP contribution in [0.4, 0.5) is 5.69 Å². The summed E-state index contributed by atoms with van der Waals surface area (Å²) in [6.45, 7) is 9.59. The van der Waals surface area contributed by atoms with Crippen molar-refractivity contribution in [1.82, 2.24) is 24.9 Å². The van der Waals surface area contributed by atoms with Gasteiger partial charge in [-0.05, 0) is 74.1 Å². The molecule has 2 aromatic heterocycles. The van der Waals surface area contributed by atoms with Crippen LogP contribution in [0, 0.1) is 25.7 Å². The SMILES string of the molecule is Cc1ccc(C(=O)N2CC(C)CC(C)C2)cc1NC(=O)c1nnn(-c2cccc3ncccc23)c1C. The number of nitrogens with one attached hydrogen (secondary N) is 1. The Labute approximate surface area is 210 Å². The number of nitrogens with zero attached hydrogens (tertiary/aromatic N) is 5. The molecule has 2 unspecified atom stereocenters. The zero-order chi connectivity index (χ0) is 25.4. The summed E-state index contributed by atoms with van der Waals surface area (Å²) in [5, 5.41) is 12.3. The predicted molar refractivity (Wildman–Crippen MR) is 139 cm³/mol. The monoisotopic (exact) mass is 482 g/mol. The van der Waals surface area contributed by atoms with Gasteiger partial charge in [-0.3, -0.25) is 14.6 Å². The molecule has 8 nitrogen and oxygen atoms in total. The van der Waals surface area contributed by atoms with Crippen molar-refractivity contribution >= 4 is 28.4 Å². The first-order chi connectivity index (χ1) is 17.3. The third kappa shape index (κ3) is 4.46. The van der Waals surface area contributed by atoms with Crippen LogP contribution in [0.5, 0.6) is 0 Å². The molecule has 1 fully saturated rings. The number of likely N-dealkylation sites (tertiary alicyclic amines) is 1. The molecule has 5 rings (SSSR count). The van der Waals surface area contributed by atoms with E-state index in [0.29, 0.717) is 28.8 Å². The highest BCUT2D eigenvalue weighted by molar-refractivity contribution is 6.05. The fourth-order valence-electron chi connectivity index (χ4n) is 5.12. The van der Waals surface area contributed by atoms with E-state index in [1.807, 2.05) is 61.2 Å². The van der Waals surface area contributed by atoms with E-state index in [1.165, 1.54) is 0 Å². The third-order valence-corrected chi connectivity index (χ3v) is 6.85. The van der Waals surface area contributed by atoms with Gasteiger partial charge in [0.25, 0.3) is 11.8 Å². The fourth-order valence-corrected chi connectivity index (χ4v) is 5.12. The molecule has 1 aliphatic rings. The maximum absolute atomic E-state index is 13.2. The highest BCUT2D eigenvalue weighted by Crippen LogP contribution is 2.26. The molecule has 2 amide bonds. The van der Waals surface area contributed by atoms with E-state index in [2.05, 4.69) is 34.5 Å². The minimum atomic E-state index is -0.370. The first-order valence-electron chi connectivity index (χ1n) is 12.3. The number of pyridine rings is 1. The predicted octanol–water partition coefficient (Wildman–Crippen LogP) is 4.80. The van der Waals surface area contributed by atoms with E-state index in [1.54, 1.807) is 16.9 Å². The van der Waals surface area contributed by atoms with E-state index < -0.39 is 0 Å². The highest BCUT2D eigenvalue weighted by Gasteiger charge is 2.27. The van der Waals surface area contributed by atoms with Gasteiger partial charge in [0.2, 0.25) is 0 Å². The first-order valence-corrected chi connectivity index (χ1v) is 12.3. The Kier molecular flexibility index (Phi) is 6.26. The Hall–Kier alpha value is -4.07. The van der Waals surface area contributed by atoms with Gasteiger partial charge in [0.1, 0.15) is 0 Å². The number of amides is 2. The smallest absolute Gasteiger partial charge is 0.278 e. The maximum atomic E-state index is 13.2. The van der Waals surface area contributed by atoms with Crippen LogP contribution in [0.2, 0.25) is 0 Å². The van der Waals surface area contributed by atoms with Crippen LogP contribution in [0.1, 0.15) is 52.4 Å². The summed E-state index contributed by atoms with van der Waals surface area (Å²) in [5.74, 6) is 0.580. The third-order valence-electron chi connectivity index (χ3n) is 6.85. The summed E-state index contributed by atoms with van der Waals surface area (Å²) >= 11 is 0. The number of piperidine rings is 1. The quantitative estimate of drug-likeness (QED) is 0.451. The molecule has 0 saturated carbocycles. The van der Waals surface area contributed by atoms with Crippen LogP contribution in [0.15, 0.2) is 54.7 Å².